The molecule has 7 rings (SSSR count). The lowest BCUT2D eigenvalue weighted by molar-refractivity contribution is -0.332. The zero-order valence-corrected chi connectivity index (χ0v) is 34.3. The lowest BCUT2D eigenvalue weighted by Crippen LogP contribution is -2.69. The van der Waals surface area contributed by atoms with Crippen molar-refractivity contribution in [2.24, 2.45) is 50.2 Å². The van der Waals surface area contributed by atoms with Gasteiger partial charge < -0.3 is 69.7 Å². The average Bonchev–Trinajstić information content (AvgIpc) is 3.16. The molecule has 58 heavy (non-hydrogen) atoms. The van der Waals surface area contributed by atoms with Gasteiger partial charge in [0.25, 0.3) is 0 Å². The Morgan fingerprint density at radius 3 is 2.07 bits per heavy atom. The highest BCUT2D eigenvalue weighted by atomic mass is 16.7. The molecule has 5 aliphatic carbocycles. The summed E-state index contributed by atoms with van der Waals surface area (Å²) in [7, 11) is 0. The van der Waals surface area contributed by atoms with Gasteiger partial charge in [0.1, 0.15) is 49.0 Å². The maximum atomic E-state index is 14.6. The second-order valence-corrected chi connectivity index (χ2v) is 20.5. The molecule has 0 unspecified atom stereocenters. The first-order chi connectivity index (χ1) is 27.0. The molecule has 2 heterocycles. The number of aldehydes is 1. The summed E-state index contributed by atoms with van der Waals surface area (Å²) in [5.41, 5.74) is -2.60. The van der Waals surface area contributed by atoms with Crippen LogP contribution in [0.1, 0.15) is 99.3 Å². The molecular weight excluding hydrogens is 760 g/mol. The number of aliphatic hydroxyl groups excluding tert-OH is 8. The second kappa shape index (κ2) is 14.8. The highest BCUT2D eigenvalue weighted by molar-refractivity contribution is 5.79. The number of ether oxygens (including phenoxy) is 4. The van der Waals surface area contributed by atoms with E-state index in [0.29, 0.717) is 44.9 Å². The molecule has 2 saturated heterocycles. The number of esters is 1. The summed E-state index contributed by atoms with van der Waals surface area (Å²) in [6.07, 6.45) is -11.4. The van der Waals surface area contributed by atoms with E-state index in [9.17, 15) is 60.3 Å². The van der Waals surface area contributed by atoms with Gasteiger partial charge in [0.2, 0.25) is 6.29 Å². The smallest absolute Gasteiger partial charge is 0.335 e. The predicted molar refractivity (Wildman–Crippen MR) is 200 cm³/mol. The van der Waals surface area contributed by atoms with Gasteiger partial charge in [0.05, 0.1) is 29.6 Å². The van der Waals surface area contributed by atoms with Crippen LogP contribution in [0.5, 0.6) is 0 Å². The van der Waals surface area contributed by atoms with E-state index in [1.807, 2.05) is 0 Å². The van der Waals surface area contributed by atoms with Crippen LogP contribution >= 0.6 is 0 Å². The zero-order chi connectivity index (χ0) is 42.7. The quantitative estimate of drug-likeness (QED) is 0.0735. The van der Waals surface area contributed by atoms with Crippen LogP contribution < -0.4 is 0 Å². The van der Waals surface area contributed by atoms with Gasteiger partial charge in [-0.15, -0.1) is 0 Å². The molecule has 16 nitrogen and oxygen atoms in total. The standard InChI is InChI=1S/C42H64O16/c1-37(2)11-13-42(36(54)58-34-29(50)26(47)25(46)22(17-43)55-34)14-12-40(5)19(20(42)15-37)7-8-24-38(3)16-21(45)32(39(4,18-44)23(38)9-10-41(24,40)6)57-35-30(51)27(48)28(49)31(56-35)33(52)53/h7,18,20-32,34-35,43,45-51H,8-17H2,1-6H3,(H,52,53)/t20-,21-,22+,23+,24-,25+,26-,27-,28-,29+,30+,31-,32-,34-,35-,38-,39+,40+,41+,42-/m0/s1. The van der Waals surface area contributed by atoms with Gasteiger partial charge in [-0.05, 0) is 97.2 Å². The van der Waals surface area contributed by atoms with Crippen LogP contribution in [0.25, 0.3) is 0 Å². The number of carboxylic acids is 1. The molecule has 16 heteroatoms. The van der Waals surface area contributed by atoms with Gasteiger partial charge in [-0.1, -0.05) is 53.2 Å². The molecule has 0 amide bonds. The van der Waals surface area contributed by atoms with E-state index in [1.54, 1.807) is 6.92 Å². The minimum atomic E-state index is -1.93. The maximum absolute atomic E-state index is 14.6. The molecule has 328 valence electrons. The number of carboxylic acid groups (broad SMARTS) is 1. The molecule has 0 spiro atoms. The van der Waals surface area contributed by atoms with E-state index < -0.39 is 114 Å². The van der Waals surface area contributed by atoms with E-state index >= 15 is 0 Å². The third kappa shape index (κ3) is 6.29. The SMILES string of the molecule is CC1(C)CC[C@]2(C(=O)O[C@@H]3O[C@H](CO)[C@@H](O)[C@H](O)[C@H]3O)CC[C@]3(C)C(=CC[C@H]4[C@@]5(C)C[C@H](O)[C@H](O[C@@H]6O[C@H](C(=O)O)[C@@H](O)[C@H](O)[C@H]6O)[C@](C)(C=O)[C@@H]5CC[C@]43C)[C@@H]2C1. The zero-order valence-electron chi connectivity index (χ0n) is 34.3. The Kier molecular flexibility index (Phi) is 11.2. The van der Waals surface area contributed by atoms with Crippen molar-refractivity contribution >= 4 is 18.2 Å². The van der Waals surface area contributed by atoms with Crippen molar-refractivity contribution in [3.63, 3.8) is 0 Å². The van der Waals surface area contributed by atoms with Crippen molar-refractivity contribution in [3.8, 4) is 0 Å². The molecule has 20 atom stereocenters. The van der Waals surface area contributed by atoms with Gasteiger partial charge in [0.15, 0.2) is 12.4 Å². The third-order valence-corrected chi connectivity index (χ3v) is 17.1. The Morgan fingerprint density at radius 1 is 0.793 bits per heavy atom. The maximum Gasteiger partial charge on any atom is 0.335 e. The fourth-order valence-electron chi connectivity index (χ4n) is 13.5. The van der Waals surface area contributed by atoms with E-state index in [4.69, 9.17) is 18.9 Å². The first-order valence-electron chi connectivity index (χ1n) is 20.9. The first kappa shape index (κ1) is 44.0. The fourth-order valence-corrected chi connectivity index (χ4v) is 13.5. The number of hydrogen-bond acceptors (Lipinski definition) is 15. The normalized spacial score (nSPS) is 53.8. The number of fused-ring (bicyclic) bond motifs is 7. The Balaban J connectivity index is 1.19. The van der Waals surface area contributed by atoms with Crippen LogP contribution in [0.3, 0.4) is 0 Å². The average molecular weight is 825 g/mol. The fraction of sp³-hybridized carbons (Fsp3) is 0.881. The number of carbonyl (C=O) groups is 3. The van der Waals surface area contributed by atoms with E-state index in [0.717, 1.165) is 12.7 Å². The summed E-state index contributed by atoms with van der Waals surface area (Å²) in [5, 5.41) is 94.3. The van der Waals surface area contributed by atoms with E-state index in [2.05, 4.69) is 40.7 Å². The number of carbonyl (C=O) groups excluding carboxylic acids is 2. The lowest BCUT2D eigenvalue weighted by Gasteiger charge is -2.71. The second-order valence-electron chi connectivity index (χ2n) is 20.5. The van der Waals surface area contributed by atoms with E-state index in [1.165, 1.54) is 5.57 Å². The summed E-state index contributed by atoms with van der Waals surface area (Å²) >= 11 is 0. The molecule has 6 fully saturated rings. The molecule has 2 aliphatic heterocycles. The third-order valence-electron chi connectivity index (χ3n) is 17.1. The summed E-state index contributed by atoms with van der Waals surface area (Å²) in [4.78, 5) is 39.7. The number of aliphatic carboxylic acids is 1. The van der Waals surface area contributed by atoms with Crippen LogP contribution in [0.4, 0.5) is 0 Å². The largest absolute Gasteiger partial charge is 0.479 e. The number of rotatable bonds is 7. The number of aliphatic hydroxyl groups is 8. The molecule has 7 aliphatic rings. The summed E-state index contributed by atoms with van der Waals surface area (Å²) < 4.78 is 23.1. The molecule has 9 N–H and O–H groups in total. The van der Waals surface area contributed by atoms with Crippen molar-refractivity contribution in [1.82, 2.24) is 0 Å². The molecule has 0 bridgehead atoms. The predicted octanol–water partition coefficient (Wildman–Crippen LogP) is 0.558. The molecular formula is C42H64O16. The van der Waals surface area contributed by atoms with Gasteiger partial charge in [0, 0.05) is 0 Å². The monoisotopic (exact) mass is 824 g/mol. The van der Waals surface area contributed by atoms with Gasteiger partial charge in [-0.2, -0.15) is 0 Å². The molecule has 0 aromatic heterocycles. The lowest BCUT2D eigenvalue weighted by atomic mass is 9.33. The highest BCUT2D eigenvalue weighted by Gasteiger charge is 2.71. The van der Waals surface area contributed by atoms with Crippen molar-refractivity contribution in [2.75, 3.05) is 6.61 Å². The number of allylic oxidation sites excluding steroid dienone is 2. The van der Waals surface area contributed by atoms with Crippen LogP contribution in [-0.2, 0) is 33.3 Å². The van der Waals surface area contributed by atoms with Gasteiger partial charge in [-0.3, -0.25) is 4.79 Å². The molecule has 0 radical (unpaired) electrons. The van der Waals surface area contributed by atoms with Crippen molar-refractivity contribution < 1.29 is 79.3 Å². The van der Waals surface area contributed by atoms with Gasteiger partial charge >= 0.3 is 11.9 Å². The van der Waals surface area contributed by atoms with Crippen molar-refractivity contribution in [3.05, 3.63) is 11.6 Å². The first-order valence-corrected chi connectivity index (χ1v) is 20.9. The Hall–Kier alpha value is -2.09. The summed E-state index contributed by atoms with van der Waals surface area (Å²) in [6, 6.07) is 0. The molecule has 0 aromatic carbocycles. The van der Waals surface area contributed by atoms with Gasteiger partial charge in [-0.25, -0.2) is 4.79 Å². The summed E-state index contributed by atoms with van der Waals surface area (Å²) in [5.74, 6) is -2.70. The van der Waals surface area contributed by atoms with Crippen molar-refractivity contribution in [2.45, 2.75) is 173 Å². The molecule has 4 saturated carbocycles. The Bertz CT molecular complexity index is 1650. The number of hydrogen-bond donors (Lipinski definition) is 9. The topological polar surface area (TPSA) is 270 Å². The minimum Gasteiger partial charge on any atom is -0.479 e. The minimum absolute atomic E-state index is 0.0302. The van der Waals surface area contributed by atoms with E-state index in [-0.39, 0.29) is 35.0 Å². The van der Waals surface area contributed by atoms with Crippen LogP contribution in [0.2, 0.25) is 0 Å². The Labute approximate surface area is 338 Å². The van der Waals surface area contributed by atoms with Crippen LogP contribution in [0, 0.1) is 50.2 Å². The van der Waals surface area contributed by atoms with Crippen LogP contribution in [-0.4, -0.2) is 144 Å². The summed E-state index contributed by atoms with van der Waals surface area (Å²) in [6.45, 7) is 12.1. The Morgan fingerprint density at radius 2 is 1.43 bits per heavy atom. The molecule has 0 aromatic rings. The van der Waals surface area contributed by atoms with Crippen molar-refractivity contribution in [1.29, 1.82) is 0 Å². The van der Waals surface area contributed by atoms with Crippen LogP contribution in [0.15, 0.2) is 11.6 Å². The highest BCUT2D eigenvalue weighted by Crippen LogP contribution is 2.76.